The monoisotopic (exact) mass is 384 g/mol. The van der Waals surface area contributed by atoms with E-state index in [1.807, 2.05) is 0 Å². The molecule has 0 amide bonds. The smallest absolute Gasteiger partial charge is 1.00 e. The first kappa shape index (κ1) is 29.8. The molecule has 7 nitrogen and oxygen atoms in total. The molecule has 0 aliphatic carbocycles. The SMILES string of the molecule is Cl.N[C@@H](CS)C(=O)OC(=O)OC(=O)[C@@H](N)CS.[H-].[H-].[K+].[K+]. The molecule has 0 heterocycles. The van der Waals surface area contributed by atoms with Crippen LogP contribution >= 0.6 is 37.7 Å². The van der Waals surface area contributed by atoms with E-state index in [9.17, 15) is 14.4 Å². The predicted molar refractivity (Wildman–Crippen MR) is 70.7 cm³/mol. The molecule has 0 saturated heterocycles. The Morgan fingerprint density at radius 3 is 1.42 bits per heavy atom. The average Bonchev–Trinajstić information content (AvgIpc) is 2.26. The van der Waals surface area contributed by atoms with E-state index < -0.39 is 30.2 Å². The van der Waals surface area contributed by atoms with Gasteiger partial charge in [0.05, 0.1) is 0 Å². The van der Waals surface area contributed by atoms with Crippen molar-refractivity contribution in [1.29, 1.82) is 0 Å². The number of thiol groups is 2. The molecule has 0 aromatic rings. The Morgan fingerprint density at radius 1 is 0.947 bits per heavy atom. The molecule has 0 unspecified atom stereocenters. The van der Waals surface area contributed by atoms with Gasteiger partial charge in [-0.2, -0.15) is 25.3 Å². The van der Waals surface area contributed by atoms with Crippen LogP contribution in [0, 0.1) is 0 Å². The van der Waals surface area contributed by atoms with Crippen molar-refractivity contribution >= 4 is 55.8 Å². The first-order valence-corrected chi connectivity index (χ1v) is 5.39. The van der Waals surface area contributed by atoms with Crippen LogP contribution in [0.2, 0.25) is 0 Å². The van der Waals surface area contributed by atoms with Gasteiger partial charge in [-0.15, -0.1) is 12.4 Å². The summed E-state index contributed by atoms with van der Waals surface area (Å²) in [6.07, 6.45) is -1.47. The molecule has 0 aliphatic rings. The van der Waals surface area contributed by atoms with Gasteiger partial charge in [-0.25, -0.2) is 14.4 Å². The molecule has 0 spiro atoms. The van der Waals surface area contributed by atoms with E-state index >= 15 is 0 Å². The van der Waals surface area contributed by atoms with Gasteiger partial charge in [-0.05, 0) is 0 Å². The third kappa shape index (κ3) is 14.1. The molecule has 0 saturated carbocycles. The summed E-state index contributed by atoms with van der Waals surface area (Å²) in [5, 5.41) is 0. The summed E-state index contributed by atoms with van der Waals surface area (Å²) in [6, 6.07) is -2.13. The molecule has 0 rings (SSSR count). The molecule has 12 heteroatoms. The number of hydrogen-bond donors (Lipinski definition) is 4. The first-order chi connectivity index (χ1) is 7.42. The third-order valence-corrected chi connectivity index (χ3v) is 2.15. The zero-order chi connectivity index (χ0) is 12.7. The minimum atomic E-state index is -1.47. The molecule has 2 atom stereocenters. The van der Waals surface area contributed by atoms with Crippen LogP contribution in [-0.4, -0.2) is 41.7 Å². The Bertz CT molecular complexity index is 284. The number of hydrogen-bond acceptors (Lipinski definition) is 9. The second-order valence-electron chi connectivity index (χ2n) is 2.67. The van der Waals surface area contributed by atoms with Crippen molar-refractivity contribution in [3.8, 4) is 0 Å². The fourth-order valence-electron chi connectivity index (χ4n) is 0.486. The van der Waals surface area contributed by atoms with Gasteiger partial charge in [-0.1, -0.05) is 0 Å². The quantitative estimate of drug-likeness (QED) is 0.164. The van der Waals surface area contributed by atoms with Crippen molar-refractivity contribution in [3.05, 3.63) is 0 Å². The molecule has 0 bridgehead atoms. The maximum atomic E-state index is 11.0. The maximum Gasteiger partial charge on any atom is 1.00 e. The van der Waals surface area contributed by atoms with Gasteiger partial charge >= 0.3 is 121 Å². The van der Waals surface area contributed by atoms with Crippen LogP contribution in [0.5, 0.6) is 0 Å². The topological polar surface area (TPSA) is 122 Å². The molecule has 19 heavy (non-hydrogen) atoms. The van der Waals surface area contributed by atoms with Gasteiger partial charge < -0.3 is 23.8 Å². The average molecular weight is 385 g/mol. The number of halogens is 1. The number of carbonyl (C=O) groups is 3. The van der Waals surface area contributed by atoms with Crippen molar-refractivity contribution in [2.75, 3.05) is 11.5 Å². The molecule has 0 aromatic heterocycles. The van der Waals surface area contributed by atoms with Crippen LogP contribution in [0.25, 0.3) is 0 Å². The number of esters is 2. The van der Waals surface area contributed by atoms with Crippen molar-refractivity contribution in [2.24, 2.45) is 11.5 Å². The molecule has 0 aromatic carbocycles. The number of nitrogens with two attached hydrogens (primary N) is 2. The first-order valence-electron chi connectivity index (χ1n) is 4.12. The second-order valence-corrected chi connectivity index (χ2v) is 3.40. The van der Waals surface area contributed by atoms with Gasteiger partial charge in [0.2, 0.25) is 0 Å². The normalized spacial score (nSPS) is 11.6. The maximum absolute atomic E-state index is 11.0. The van der Waals surface area contributed by atoms with Crippen molar-refractivity contribution in [1.82, 2.24) is 0 Å². The molecule has 104 valence electrons. The standard InChI is InChI=1S/C7H12N2O5S2.ClH.2K.2H/c8-3(1-15)5(10)13-7(12)14-6(11)4(9)2-16;;;;;/h3-4,15-16H,1-2,8-9H2;1H;;;;/q;;2*+1;2*-1/t3-,4-;;;;;/m0...../s1. The minimum Gasteiger partial charge on any atom is -1.00 e. The second kappa shape index (κ2) is 17.2. The van der Waals surface area contributed by atoms with E-state index in [4.69, 9.17) is 11.5 Å². The van der Waals surface area contributed by atoms with E-state index in [1.165, 1.54) is 0 Å². The minimum absolute atomic E-state index is 0. The van der Waals surface area contributed by atoms with Crippen LogP contribution in [-0.2, 0) is 19.1 Å². The molecule has 0 aliphatic heterocycles. The molecular formula is C7H15ClK2N2O5S2. The van der Waals surface area contributed by atoms with Crippen LogP contribution in [0.3, 0.4) is 0 Å². The summed E-state index contributed by atoms with van der Waals surface area (Å²) >= 11 is 7.44. The summed E-state index contributed by atoms with van der Waals surface area (Å²) in [5.74, 6) is -2.08. The van der Waals surface area contributed by atoms with Gasteiger partial charge in [0.1, 0.15) is 12.1 Å². The molecule has 4 N–H and O–H groups in total. The van der Waals surface area contributed by atoms with E-state index in [-0.39, 0.29) is 130 Å². The fraction of sp³-hybridized carbons (Fsp3) is 0.571. The van der Waals surface area contributed by atoms with E-state index in [1.54, 1.807) is 0 Å². The van der Waals surface area contributed by atoms with Gasteiger partial charge in [0.25, 0.3) is 0 Å². The van der Waals surface area contributed by atoms with Crippen LogP contribution in [0.15, 0.2) is 0 Å². The Balaban J connectivity index is -0.000000112. The number of rotatable bonds is 4. The summed E-state index contributed by atoms with van der Waals surface area (Å²) in [7, 11) is 0. The largest absolute Gasteiger partial charge is 1.00 e. The van der Waals surface area contributed by atoms with Crippen LogP contribution < -0.4 is 114 Å². The van der Waals surface area contributed by atoms with Crippen LogP contribution in [0.4, 0.5) is 4.79 Å². The van der Waals surface area contributed by atoms with Crippen LogP contribution in [0.1, 0.15) is 2.85 Å². The Morgan fingerprint density at radius 2 is 1.21 bits per heavy atom. The van der Waals surface area contributed by atoms with E-state index in [0.29, 0.717) is 0 Å². The number of ether oxygens (including phenoxy) is 2. The Hall–Kier alpha value is 2.79. The Kier molecular flexibility index (Phi) is 26.9. The van der Waals surface area contributed by atoms with Gasteiger partial charge in [-0.3, -0.25) is 0 Å². The van der Waals surface area contributed by atoms with Crippen molar-refractivity contribution in [3.63, 3.8) is 0 Å². The summed E-state index contributed by atoms with van der Waals surface area (Å²) < 4.78 is 8.19. The summed E-state index contributed by atoms with van der Waals surface area (Å²) in [6.45, 7) is 0. The van der Waals surface area contributed by atoms with Crippen molar-refractivity contribution < 1.29 is 129 Å². The fourth-order valence-corrected chi connectivity index (χ4v) is 0.784. The molecule has 0 fully saturated rings. The zero-order valence-corrected chi connectivity index (χ0v) is 19.4. The zero-order valence-electron chi connectivity index (χ0n) is 12.6. The van der Waals surface area contributed by atoms with Crippen molar-refractivity contribution in [2.45, 2.75) is 12.1 Å². The predicted octanol–water partition coefficient (Wildman–Crippen LogP) is -6.64. The van der Waals surface area contributed by atoms with E-state index in [2.05, 4.69) is 34.7 Å². The molecule has 0 radical (unpaired) electrons. The summed E-state index contributed by atoms with van der Waals surface area (Å²) in [5.41, 5.74) is 10.4. The van der Waals surface area contributed by atoms with E-state index in [0.717, 1.165) is 0 Å². The third-order valence-electron chi connectivity index (χ3n) is 1.37. The summed E-state index contributed by atoms with van der Waals surface area (Å²) in [4.78, 5) is 32.8. The Labute approximate surface area is 216 Å². The molecular weight excluding hydrogens is 370 g/mol. The number of carbonyl (C=O) groups excluding carboxylic acids is 3. The van der Waals surface area contributed by atoms with Gasteiger partial charge in [0, 0.05) is 11.5 Å². The van der Waals surface area contributed by atoms with Gasteiger partial charge in [0.15, 0.2) is 0 Å².